The van der Waals surface area contributed by atoms with Gasteiger partial charge in [0.2, 0.25) is 0 Å². The van der Waals surface area contributed by atoms with Crippen LogP contribution in [0.2, 0.25) is 0 Å². The number of hydrogen-bond acceptors (Lipinski definition) is 10. The highest BCUT2D eigenvalue weighted by atomic mass is 16.6. The zero-order valence-corrected chi connectivity index (χ0v) is 24.2. The largest absolute Gasteiger partial charge is 0.464 e. The third kappa shape index (κ3) is 9.22. The molecule has 2 rings (SSSR count). The first kappa shape index (κ1) is 32.0. The van der Waals surface area contributed by atoms with E-state index in [-0.39, 0.29) is 50.3 Å². The fraction of sp³-hybridized carbons (Fsp3) is 0.857. The van der Waals surface area contributed by atoms with Crippen molar-refractivity contribution in [3.05, 3.63) is 0 Å². The zero-order valence-electron chi connectivity index (χ0n) is 24.2. The number of morpholine rings is 2. The number of unbranched alkanes of at least 4 members (excludes halogenated alkanes) is 5. The lowest BCUT2D eigenvalue weighted by Gasteiger charge is -2.43. The van der Waals surface area contributed by atoms with E-state index in [2.05, 4.69) is 10.6 Å². The molecule has 2 aliphatic heterocycles. The highest BCUT2D eigenvalue weighted by Crippen LogP contribution is 2.25. The summed E-state index contributed by atoms with van der Waals surface area (Å²) >= 11 is 0. The van der Waals surface area contributed by atoms with Crippen LogP contribution in [0.3, 0.4) is 0 Å². The van der Waals surface area contributed by atoms with Crippen LogP contribution in [-0.2, 0) is 38.1 Å². The van der Waals surface area contributed by atoms with Gasteiger partial charge in [0.05, 0.1) is 11.1 Å². The third-order valence-corrected chi connectivity index (χ3v) is 7.57. The van der Waals surface area contributed by atoms with Gasteiger partial charge in [0, 0.05) is 12.8 Å². The van der Waals surface area contributed by atoms with Crippen LogP contribution in [0.4, 0.5) is 0 Å². The summed E-state index contributed by atoms with van der Waals surface area (Å²) in [6.07, 6.45) is 7.27. The maximum Gasteiger partial charge on any atom is 0.326 e. The molecule has 3 unspecified atom stereocenters. The first-order valence-electron chi connectivity index (χ1n) is 14.0. The molecule has 0 aromatic heterocycles. The molecule has 2 heterocycles. The fourth-order valence-electron chi connectivity index (χ4n) is 4.80. The van der Waals surface area contributed by atoms with E-state index < -0.39 is 22.2 Å². The van der Waals surface area contributed by atoms with Gasteiger partial charge in [-0.1, -0.05) is 39.5 Å². The van der Waals surface area contributed by atoms with Gasteiger partial charge in [0.1, 0.15) is 37.5 Å². The lowest BCUT2D eigenvalue weighted by atomic mass is 9.90. The molecule has 0 saturated carbocycles. The average molecular weight is 541 g/mol. The van der Waals surface area contributed by atoms with Gasteiger partial charge in [0.15, 0.2) is 0 Å². The Morgan fingerprint density at radius 2 is 1.26 bits per heavy atom. The van der Waals surface area contributed by atoms with E-state index >= 15 is 0 Å². The minimum absolute atomic E-state index is 0.156. The van der Waals surface area contributed by atoms with E-state index in [4.69, 9.17) is 18.9 Å². The molecule has 0 aliphatic carbocycles. The van der Waals surface area contributed by atoms with Crippen LogP contribution in [0.5, 0.6) is 0 Å². The minimum atomic E-state index is -0.810. The zero-order chi connectivity index (χ0) is 28.5. The number of hydrogen-bond donors (Lipinski definition) is 2. The van der Waals surface area contributed by atoms with Crippen LogP contribution in [0.1, 0.15) is 106 Å². The molecular formula is C28H48N2O8. The van der Waals surface area contributed by atoms with Crippen LogP contribution in [0.25, 0.3) is 0 Å². The predicted molar refractivity (Wildman–Crippen MR) is 141 cm³/mol. The molecule has 2 fully saturated rings. The molecule has 218 valence electrons. The lowest BCUT2D eigenvalue weighted by Crippen LogP contribution is -2.67. The first-order chi connectivity index (χ1) is 17.8. The Hall–Kier alpha value is -2.20. The van der Waals surface area contributed by atoms with Crippen molar-refractivity contribution in [3.63, 3.8) is 0 Å². The maximum absolute atomic E-state index is 12.2. The van der Waals surface area contributed by atoms with Crippen LogP contribution in [0.15, 0.2) is 0 Å². The second-order valence-corrected chi connectivity index (χ2v) is 11.9. The number of cyclic esters (lactones) is 2. The molecule has 0 aromatic rings. The molecule has 2 N–H and O–H groups in total. The number of carbonyl (C=O) groups excluding carboxylic acids is 4. The topological polar surface area (TPSA) is 129 Å². The lowest BCUT2D eigenvalue weighted by molar-refractivity contribution is -0.168. The maximum atomic E-state index is 12.2. The van der Waals surface area contributed by atoms with Crippen molar-refractivity contribution in [2.45, 2.75) is 128 Å². The SMILES string of the molecule is CCC1(COC(=O)CCCCCCCCC(=O)OCC2(C)COC(=O)C(C)(CC)N2)COC(=O)C(C)(C)N1. The average Bonchev–Trinajstić information content (AvgIpc) is 2.87. The van der Waals surface area contributed by atoms with Gasteiger partial charge < -0.3 is 18.9 Å². The Balaban J connectivity index is 1.52. The number of esters is 4. The molecule has 0 bridgehead atoms. The molecular weight excluding hydrogens is 492 g/mol. The van der Waals surface area contributed by atoms with Crippen molar-refractivity contribution >= 4 is 23.9 Å². The van der Waals surface area contributed by atoms with Crippen molar-refractivity contribution < 1.29 is 38.1 Å². The Kier molecular flexibility index (Phi) is 11.6. The summed E-state index contributed by atoms with van der Waals surface area (Å²) in [5.74, 6) is -1.07. The minimum Gasteiger partial charge on any atom is -0.464 e. The second-order valence-electron chi connectivity index (χ2n) is 11.9. The normalized spacial score (nSPS) is 28.8. The number of rotatable bonds is 15. The van der Waals surface area contributed by atoms with E-state index in [1.807, 2.05) is 20.8 Å². The molecule has 3 atom stereocenters. The summed E-state index contributed by atoms with van der Waals surface area (Å²) in [7, 11) is 0. The highest BCUT2D eigenvalue weighted by Gasteiger charge is 2.46. The van der Waals surface area contributed by atoms with Crippen LogP contribution in [-0.4, -0.2) is 72.5 Å². The number of carbonyl (C=O) groups is 4. The van der Waals surface area contributed by atoms with Crippen molar-refractivity contribution in [3.8, 4) is 0 Å². The van der Waals surface area contributed by atoms with Gasteiger partial charge in [-0.15, -0.1) is 0 Å². The van der Waals surface area contributed by atoms with Gasteiger partial charge in [-0.3, -0.25) is 29.8 Å². The number of nitrogens with one attached hydrogen (secondary N) is 2. The standard InChI is InChI=1S/C28H48N2O8/c1-7-27(6)24(34)37-18-26(5,30-27)17-35-21(31)15-13-11-9-10-12-14-16-22(32)36-19-28(8-2)20-38-23(33)25(3,4)29-28/h29-30H,7-20H2,1-6H3. The van der Waals surface area contributed by atoms with Crippen molar-refractivity contribution in [1.29, 1.82) is 0 Å². The smallest absolute Gasteiger partial charge is 0.326 e. The molecule has 2 saturated heterocycles. The summed E-state index contributed by atoms with van der Waals surface area (Å²) in [4.78, 5) is 48.2. The van der Waals surface area contributed by atoms with E-state index in [0.717, 1.165) is 38.5 Å². The van der Waals surface area contributed by atoms with E-state index in [1.165, 1.54) is 0 Å². The Morgan fingerprint density at radius 3 is 1.79 bits per heavy atom. The van der Waals surface area contributed by atoms with E-state index in [1.54, 1.807) is 20.8 Å². The van der Waals surface area contributed by atoms with Gasteiger partial charge in [-0.25, -0.2) is 0 Å². The van der Waals surface area contributed by atoms with Crippen LogP contribution in [0, 0.1) is 0 Å². The van der Waals surface area contributed by atoms with Crippen LogP contribution >= 0.6 is 0 Å². The fourth-order valence-corrected chi connectivity index (χ4v) is 4.80. The summed E-state index contributed by atoms with van der Waals surface area (Å²) in [5, 5.41) is 6.59. The second kappa shape index (κ2) is 13.7. The number of ether oxygens (including phenoxy) is 4. The summed E-state index contributed by atoms with van der Waals surface area (Å²) in [5.41, 5.74) is -2.73. The molecule has 0 amide bonds. The monoisotopic (exact) mass is 540 g/mol. The Bertz CT molecular complexity index is 847. The summed E-state index contributed by atoms with van der Waals surface area (Å²) in [6, 6.07) is 0. The molecule has 0 aromatic carbocycles. The molecule has 10 heteroatoms. The van der Waals surface area contributed by atoms with Crippen molar-refractivity contribution in [2.75, 3.05) is 26.4 Å². The molecule has 2 aliphatic rings. The predicted octanol–water partition coefficient (Wildman–Crippen LogP) is 3.34. The molecule has 0 spiro atoms. The van der Waals surface area contributed by atoms with Crippen LogP contribution < -0.4 is 10.6 Å². The first-order valence-corrected chi connectivity index (χ1v) is 14.0. The Morgan fingerprint density at radius 1 is 0.737 bits per heavy atom. The Labute approximate surface area is 227 Å². The van der Waals surface area contributed by atoms with E-state index in [0.29, 0.717) is 25.7 Å². The summed E-state index contributed by atoms with van der Waals surface area (Å²) in [6.45, 7) is 11.8. The van der Waals surface area contributed by atoms with Crippen molar-refractivity contribution in [2.24, 2.45) is 0 Å². The molecule has 38 heavy (non-hydrogen) atoms. The van der Waals surface area contributed by atoms with Crippen molar-refractivity contribution in [1.82, 2.24) is 10.6 Å². The highest BCUT2D eigenvalue weighted by molar-refractivity contribution is 5.81. The molecule has 10 nitrogen and oxygen atoms in total. The van der Waals surface area contributed by atoms with Gasteiger partial charge in [-0.2, -0.15) is 0 Å². The van der Waals surface area contributed by atoms with Gasteiger partial charge in [-0.05, 0) is 53.4 Å². The summed E-state index contributed by atoms with van der Waals surface area (Å²) < 4.78 is 21.6. The molecule has 0 radical (unpaired) electrons. The van der Waals surface area contributed by atoms with E-state index in [9.17, 15) is 19.2 Å². The van der Waals surface area contributed by atoms with Gasteiger partial charge in [0.25, 0.3) is 0 Å². The quantitative estimate of drug-likeness (QED) is 0.181. The van der Waals surface area contributed by atoms with Gasteiger partial charge >= 0.3 is 23.9 Å². The third-order valence-electron chi connectivity index (χ3n) is 7.57.